The van der Waals surface area contributed by atoms with Crippen molar-refractivity contribution in [3.63, 3.8) is 0 Å². The SMILES string of the molecule is CCCNC(=O)c1ccc2c(=O)n(CCc3ccccc3)c(SCC(=O)c3ccccc3)nc2c1. The van der Waals surface area contributed by atoms with Gasteiger partial charge < -0.3 is 5.32 Å². The van der Waals surface area contributed by atoms with Gasteiger partial charge in [0.1, 0.15) is 0 Å². The average molecular weight is 486 g/mol. The molecule has 1 heterocycles. The molecule has 1 N–H and O–H groups in total. The second-order valence-corrected chi connectivity index (χ2v) is 9.09. The van der Waals surface area contributed by atoms with Gasteiger partial charge in [-0.25, -0.2) is 4.98 Å². The highest BCUT2D eigenvalue weighted by Gasteiger charge is 2.16. The van der Waals surface area contributed by atoms with Gasteiger partial charge in [-0.2, -0.15) is 0 Å². The van der Waals surface area contributed by atoms with E-state index in [1.54, 1.807) is 34.9 Å². The summed E-state index contributed by atoms with van der Waals surface area (Å²) in [5.74, 6) is -0.0752. The summed E-state index contributed by atoms with van der Waals surface area (Å²) in [5.41, 5.74) is 2.45. The number of Topliss-reactive ketones (excluding diaryl/α,β-unsaturated/α-hetero) is 1. The third-order valence-corrected chi connectivity index (χ3v) is 6.59. The smallest absolute Gasteiger partial charge is 0.262 e. The van der Waals surface area contributed by atoms with E-state index in [-0.39, 0.29) is 23.0 Å². The van der Waals surface area contributed by atoms with Crippen molar-refractivity contribution in [2.75, 3.05) is 12.3 Å². The Morgan fingerprint density at radius 3 is 2.37 bits per heavy atom. The Labute approximate surface area is 208 Å². The predicted octanol–water partition coefficient (Wildman–Crippen LogP) is 4.75. The van der Waals surface area contributed by atoms with Gasteiger partial charge in [0.2, 0.25) is 0 Å². The highest BCUT2D eigenvalue weighted by molar-refractivity contribution is 7.99. The molecule has 4 rings (SSSR count). The molecule has 1 aromatic heterocycles. The Morgan fingerprint density at radius 2 is 1.66 bits per heavy atom. The molecule has 7 heteroatoms. The van der Waals surface area contributed by atoms with Gasteiger partial charge in [0, 0.05) is 24.2 Å². The van der Waals surface area contributed by atoms with Crippen molar-refractivity contribution in [2.24, 2.45) is 0 Å². The molecule has 0 saturated heterocycles. The summed E-state index contributed by atoms with van der Waals surface area (Å²) < 4.78 is 1.63. The van der Waals surface area contributed by atoms with Crippen LogP contribution in [0, 0.1) is 0 Å². The number of hydrogen-bond acceptors (Lipinski definition) is 5. The van der Waals surface area contributed by atoms with E-state index in [1.165, 1.54) is 11.8 Å². The van der Waals surface area contributed by atoms with Crippen LogP contribution in [-0.2, 0) is 13.0 Å². The molecule has 1 amide bonds. The van der Waals surface area contributed by atoms with Crippen LogP contribution in [0.4, 0.5) is 0 Å². The third-order valence-electron chi connectivity index (χ3n) is 5.61. The van der Waals surface area contributed by atoms with Crippen molar-refractivity contribution in [3.05, 3.63) is 106 Å². The first-order valence-electron chi connectivity index (χ1n) is 11.6. The third kappa shape index (κ3) is 6.05. The van der Waals surface area contributed by atoms with Crippen LogP contribution in [0.25, 0.3) is 10.9 Å². The molecule has 0 spiro atoms. The highest BCUT2D eigenvalue weighted by Crippen LogP contribution is 2.21. The number of hydrogen-bond donors (Lipinski definition) is 1. The molecule has 0 radical (unpaired) electrons. The normalized spacial score (nSPS) is 10.9. The number of amides is 1. The number of carbonyl (C=O) groups is 2. The lowest BCUT2D eigenvalue weighted by atomic mass is 10.1. The Hall–Kier alpha value is -3.71. The van der Waals surface area contributed by atoms with E-state index in [0.717, 1.165) is 12.0 Å². The van der Waals surface area contributed by atoms with Crippen LogP contribution in [0.2, 0.25) is 0 Å². The van der Waals surface area contributed by atoms with Crippen molar-refractivity contribution in [1.29, 1.82) is 0 Å². The zero-order valence-corrected chi connectivity index (χ0v) is 20.4. The van der Waals surface area contributed by atoms with E-state index in [0.29, 0.717) is 46.7 Å². The Bertz CT molecular complexity index is 1390. The second-order valence-electron chi connectivity index (χ2n) is 8.15. The maximum Gasteiger partial charge on any atom is 0.262 e. The standard InChI is InChI=1S/C28H27N3O3S/c1-2-16-29-26(33)22-13-14-23-24(18-22)30-28(35-19-25(32)21-11-7-4-8-12-21)31(27(23)34)17-15-20-9-5-3-6-10-20/h3-14,18H,2,15-17,19H2,1H3,(H,29,33). The van der Waals surface area contributed by atoms with Gasteiger partial charge in [-0.1, -0.05) is 79.3 Å². The van der Waals surface area contributed by atoms with Gasteiger partial charge in [-0.3, -0.25) is 19.0 Å². The minimum atomic E-state index is -0.197. The summed E-state index contributed by atoms with van der Waals surface area (Å²) >= 11 is 1.24. The number of rotatable bonds is 10. The fraction of sp³-hybridized carbons (Fsp3) is 0.214. The summed E-state index contributed by atoms with van der Waals surface area (Å²) in [4.78, 5) is 43.3. The molecule has 0 atom stereocenters. The van der Waals surface area contributed by atoms with Crippen LogP contribution < -0.4 is 10.9 Å². The molecule has 0 aliphatic carbocycles. The molecule has 0 unspecified atom stereocenters. The van der Waals surface area contributed by atoms with E-state index in [4.69, 9.17) is 4.98 Å². The van der Waals surface area contributed by atoms with Gasteiger partial charge in [0.25, 0.3) is 11.5 Å². The van der Waals surface area contributed by atoms with Gasteiger partial charge in [-0.05, 0) is 36.6 Å². The fourth-order valence-electron chi connectivity index (χ4n) is 3.71. The molecule has 0 saturated carbocycles. The van der Waals surface area contributed by atoms with Crippen molar-refractivity contribution in [2.45, 2.75) is 31.5 Å². The number of aromatic nitrogens is 2. The first-order chi connectivity index (χ1) is 17.1. The number of ketones is 1. The number of aryl methyl sites for hydroxylation is 1. The number of nitrogens with zero attached hydrogens (tertiary/aromatic N) is 2. The fourth-order valence-corrected chi connectivity index (χ4v) is 4.63. The topological polar surface area (TPSA) is 81.1 Å². The van der Waals surface area contributed by atoms with Crippen LogP contribution in [-0.4, -0.2) is 33.5 Å². The molecular weight excluding hydrogens is 458 g/mol. The monoisotopic (exact) mass is 485 g/mol. The molecule has 0 aliphatic heterocycles. The summed E-state index contributed by atoms with van der Waals surface area (Å²) in [7, 11) is 0. The lowest BCUT2D eigenvalue weighted by molar-refractivity contribution is 0.0953. The minimum Gasteiger partial charge on any atom is -0.352 e. The average Bonchev–Trinajstić information content (AvgIpc) is 2.90. The Kier molecular flexibility index (Phi) is 8.11. The molecule has 0 fully saturated rings. The number of thioether (sulfide) groups is 1. The van der Waals surface area contributed by atoms with E-state index in [1.807, 2.05) is 55.5 Å². The van der Waals surface area contributed by atoms with Crippen molar-refractivity contribution in [3.8, 4) is 0 Å². The number of nitrogens with one attached hydrogen (secondary N) is 1. The van der Waals surface area contributed by atoms with Gasteiger partial charge in [0.05, 0.1) is 16.7 Å². The zero-order chi connectivity index (χ0) is 24.6. The zero-order valence-electron chi connectivity index (χ0n) is 19.6. The summed E-state index contributed by atoms with van der Waals surface area (Å²) in [6, 6.07) is 24.0. The number of benzene rings is 3. The summed E-state index contributed by atoms with van der Waals surface area (Å²) in [6.45, 7) is 3.00. The quantitative estimate of drug-likeness (QED) is 0.199. The predicted molar refractivity (Wildman–Crippen MR) is 140 cm³/mol. The van der Waals surface area contributed by atoms with Crippen molar-refractivity contribution >= 4 is 34.4 Å². The van der Waals surface area contributed by atoms with Crippen LogP contribution in [0.5, 0.6) is 0 Å². The molecule has 0 aliphatic rings. The number of carbonyl (C=O) groups excluding carboxylic acids is 2. The second kappa shape index (κ2) is 11.6. The summed E-state index contributed by atoms with van der Waals surface area (Å²) in [6.07, 6.45) is 1.49. The van der Waals surface area contributed by atoms with Crippen LogP contribution in [0.15, 0.2) is 88.8 Å². The van der Waals surface area contributed by atoms with E-state index >= 15 is 0 Å². The Morgan fingerprint density at radius 1 is 0.943 bits per heavy atom. The van der Waals surface area contributed by atoms with Crippen LogP contribution in [0.3, 0.4) is 0 Å². The maximum absolute atomic E-state index is 13.5. The molecule has 6 nitrogen and oxygen atoms in total. The molecule has 0 bridgehead atoms. The molecule has 178 valence electrons. The first-order valence-corrected chi connectivity index (χ1v) is 12.6. The summed E-state index contributed by atoms with van der Waals surface area (Å²) in [5, 5.41) is 3.77. The lowest BCUT2D eigenvalue weighted by Crippen LogP contribution is -2.26. The van der Waals surface area contributed by atoms with E-state index < -0.39 is 0 Å². The molecule has 35 heavy (non-hydrogen) atoms. The molecular formula is C28H27N3O3S. The minimum absolute atomic E-state index is 0.0350. The van der Waals surface area contributed by atoms with Crippen LogP contribution in [0.1, 0.15) is 39.6 Å². The van der Waals surface area contributed by atoms with Gasteiger partial charge >= 0.3 is 0 Å². The first kappa shape index (κ1) is 24.4. The van der Waals surface area contributed by atoms with E-state index in [2.05, 4.69) is 5.32 Å². The van der Waals surface area contributed by atoms with Gasteiger partial charge in [-0.15, -0.1) is 0 Å². The van der Waals surface area contributed by atoms with Crippen molar-refractivity contribution < 1.29 is 9.59 Å². The maximum atomic E-state index is 13.5. The lowest BCUT2D eigenvalue weighted by Gasteiger charge is -2.14. The largest absolute Gasteiger partial charge is 0.352 e. The van der Waals surface area contributed by atoms with Crippen LogP contribution >= 0.6 is 11.8 Å². The molecule has 4 aromatic rings. The highest BCUT2D eigenvalue weighted by atomic mass is 32.2. The van der Waals surface area contributed by atoms with E-state index in [9.17, 15) is 14.4 Å². The number of fused-ring (bicyclic) bond motifs is 1. The van der Waals surface area contributed by atoms with Gasteiger partial charge in [0.15, 0.2) is 10.9 Å². The molecule has 3 aromatic carbocycles. The van der Waals surface area contributed by atoms with Crippen molar-refractivity contribution in [1.82, 2.24) is 14.9 Å². The Balaban J connectivity index is 1.67.